The molecule has 0 amide bonds. The standard InChI is InChI=1S/C8H4N2.Co/c9-5-7-3-1-2-4-8(7)6-10;/h1-4H;. The molecule has 1 rings (SSSR count). The largest absolute Gasteiger partial charge is 0.192 e. The Morgan fingerprint density at radius 3 is 1.55 bits per heavy atom. The Kier molecular flexibility index (Phi) is 3.98. The zero-order valence-electron chi connectivity index (χ0n) is 5.54. The third kappa shape index (κ3) is 2.08. The van der Waals surface area contributed by atoms with E-state index < -0.39 is 0 Å². The summed E-state index contributed by atoms with van der Waals surface area (Å²) in [5.41, 5.74) is 0.870. The van der Waals surface area contributed by atoms with Crippen LogP contribution < -0.4 is 0 Å². The zero-order chi connectivity index (χ0) is 7.40. The van der Waals surface area contributed by atoms with Crippen molar-refractivity contribution in [2.75, 3.05) is 0 Å². The van der Waals surface area contributed by atoms with E-state index in [1.807, 2.05) is 12.1 Å². The molecule has 55 valence electrons. The quantitative estimate of drug-likeness (QED) is 0.616. The SMILES string of the molecule is N#Cc1ccccc1C#N.[Co]. The van der Waals surface area contributed by atoms with Gasteiger partial charge in [-0.1, -0.05) is 12.1 Å². The average Bonchev–Trinajstić information content (AvgIpc) is 2.04. The maximum absolute atomic E-state index is 8.45. The summed E-state index contributed by atoms with van der Waals surface area (Å²) >= 11 is 0. The van der Waals surface area contributed by atoms with E-state index in [4.69, 9.17) is 10.5 Å². The van der Waals surface area contributed by atoms with Crippen LogP contribution >= 0.6 is 0 Å². The molecule has 0 N–H and O–H groups in total. The molecule has 0 saturated carbocycles. The number of hydrogen-bond acceptors (Lipinski definition) is 2. The smallest absolute Gasteiger partial charge is 0.101 e. The van der Waals surface area contributed by atoms with Crippen molar-refractivity contribution in [3.8, 4) is 12.1 Å². The fourth-order valence-corrected chi connectivity index (χ4v) is 0.678. The molecule has 0 unspecified atom stereocenters. The summed E-state index contributed by atoms with van der Waals surface area (Å²) in [5.74, 6) is 0. The van der Waals surface area contributed by atoms with Crippen LogP contribution in [0.4, 0.5) is 0 Å². The molecule has 0 aliphatic carbocycles. The monoisotopic (exact) mass is 187 g/mol. The molecule has 0 fully saturated rings. The summed E-state index contributed by atoms with van der Waals surface area (Å²) in [4.78, 5) is 0. The van der Waals surface area contributed by atoms with Gasteiger partial charge in [-0.3, -0.25) is 0 Å². The van der Waals surface area contributed by atoms with Gasteiger partial charge >= 0.3 is 0 Å². The third-order valence-electron chi connectivity index (χ3n) is 1.17. The Morgan fingerprint density at radius 2 is 1.27 bits per heavy atom. The van der Waals surface area contributed by atoms with Gasteiger partial charge in [-0.25, -0.2) is 0 Å². The summed E-state index contributed by atoms with van der Waals surface area (Å²) < 4.78 is 0. The molecule has 0 saturated heterocycles. The van der Waals surface area contributed by atoms with Crippen molar-refractivity contribution in [3.05, 3.63) is 35.4 Å². The first-order valence-corrected chi connectivity index (χ1v) is 2.77. The van der Waals surface area contributed by atoms with Gasteiger partial charge in [0.25, 0.3) is 0 Å². The van der Waals surface area contributed by atoms with Crippen molar-refractivity contribution in [1.82, 2.24) is 0 Å². The molecule has 0 aliphatic heterocycles. The Bertz CT molecular complexity index is 287. The third-order valence-corrected chi connectivity index (χ3v) is 1.17. The van der Waals surface area contributed by atoms with Gasteiger partial charge < -0.3 is 0 Å². The molecule has 0 aromatic heterocycles. The number of nitriles is 2. The summed E-state index contributed by atoms with van der Waals surface area (Å²) in [6, 6.07) is 10.6. The van der Waals surface area contributed by atoms with E-state index in [9.17, 15) is 0 Å². The average molecular weight is 187 g/mol. The Hall–Kier alpha value is -1.29. The Morgan fingerprint density at radius 1 is 0.909 bits per heavy atom. The number of nitrogens with zero attached hydrogens (tertiary/aromatic N) is 2. The van der Waals surface area contributed by atoms with Crippen molar-refractivity contribution in [2.45, 2.75) is 0 Å². The molecule has 1 aromatic carbocycles. The van der Waals surface area contributed by atoms with Crippen LogP contribution in [-0.4, -0.2) is 0 Å². The predicted molar refractivity (Wildman–Crippen MR) is 35.9 cm³/mol. The molecule has 0 atom stereocenters. The van der Waals surface area contributed by atoms with Crippen LogP contribution in [0.3, 0.4) is 0 Å². The normalized spacial score (nSPS) is 7.09. The van der Waals surface area contributed by atoms with Crippen LogP contribution in [0, 0.1) is 22.7 Å². The molecule has 0 bridgehead atoms. The van der Waals surface area contributed by atoms with E-state index >= 15 is 0 Å². The topological polar surface area (TPSA) is 47.6 Å². The van der Waals surface area contributed by atoms with Crippen LogP contribution in [0.15, 0.2) is 24.3 Å². The number of benzene rings is 1. The number of hydrogen-bond donors (Lipinski definition) is 0. The van der Waals surface area contributed by atoms with Crippen molar-refractivity contribution >= 4 is 0 Å². The molecular weight excluding hydrogens is 183 g/mol. The maximum atomic E-state index is 8.45. The van der Waals surface area contributed by atoms with Gasteiger partial charge in [-0.2, -0.15) is 10.5 Å². The van der Waals surface area contributed by atoms with Gasteiger partial charge in [-0.15, -0.1) is 0 Å². The van der Waals surface area contributed by atoms with Crippen LogP contribution in [-0.2, 0) is 16.8 Å². The zero-order valence-corrected chi connectivity index (χ0v) is 6.58. The van der Waals surface area contributed by atoms with Gasteiger partial charge in [0.05, 0.1) is 11.1 Å². The maximum Gasteiger partial charge on any atom is 0.101 e. The first-order chi connectivity index (χ1) is 4.88. The fraction of sp³-hybridized carbons (Fsp3) is 0. The van der Waals surface area contributed by atoms with Crippen LogP contribution in [0.1, 0.15) is 11.1 Å². The second kappa shape index (κ2) is 4.51. The molecule has 2 nitrogen and oxygen atoms in total. The van der Waals surface area contributed by atoms with Gasteiger partial charge in [-0.05, 0) is 12.1 Å². The van der Waals surface area contributed by atoms with E-state index in [-0.39, 0.29) is 16.8 Å². The van der Waals surface area contributed by atoms with E-state index in [1.54, 1.807) is 24.3 Å². The van der Waals surface area contributed by atoms with Crippen molar-refractivity contribution in [1.29, 1.82) is 10.5 Å². The molecule has 0 aliphatic rings. The minimum Gasteiger partial charge on any atom is -0.192 e. The summed E-state index contributed by atoms with van der Waals surface area (Å²) in [6.07, 6.45) is 0. The fourth-order valence-electron chi connectivity index (χ4n) is 0.678. The van der Waals surface area contributed by atoms with Gasteiger partial charge in [0.1, 0.15) is 12.1 Å². The van der Waals surface area contributed by atoms with Crippen LogP contribution in [0.5, 0.6) is 0 Å². The number of rotatable bonds is 0. The first kappa shape index (κ1) is 9.71. The van der Waals surface area contributed by atoms with Crippen LogP contribution in [0.2, 0.25) is 0 Å². The van der Waals surface area contributed by atoms with E-state index in [2.05, 4.69) is 0 Å². The van der Waals surface area contributed by atoms with E-state index in [0.717, 1.165) is 0 Å². The van der Waals surface area contributed by atoms with E-state index in [0.29, 0.717) is 11.1 Å². The van der Waals surface area contributed by atoms with Gasteiger partial charge in [0, 0.05) is 16.8 Å². The Labute approximate surface area is 75.3 Å². The second-order valence-electron chi connectivity index (χ2n) is 1.77. The molecular formula is C8H4CoN2. The molecule has 1 radical (unpaired) electrons. The van der Waals surface area contributed by atoms with Gasteiger partial charge in [0.15, 0.2) is 0 Å². The minimum absolute atomic E-state index is 0. The molecule has 11 heavy (non-hydrogen) atoms. The summed E-state index contributed by atoms with van der Waals surface area (Å²) in [5, 5.41) is 16.9. The predicted octanol–water partition coefficient (Wildman–Crippen LogP) is 1.43. The van der Waals surface area contributed by atoms with Gasteiger partial charge in [0.2, 0.25) is 0 Å². The molecule has 0 heterocycles. The molecule has 3 heteroatoms. The molecule has 0 spiro atoms. The van der Waals surface area contributed by atoms with E-state index in [1.165, 1.54) is 0 Å². The second-order valence-corrected chi connectivity index (χ2v) is 1.77. The summed E-state index contributed by atoms with van der Waals surface area (Å²) in [7, 11) is 0. The molecule has 1 aromatic rings. The van der Waals surface area contributed by atoms with Crippen molar-refractivity contribution in [2.24, 2.45) is 0 Å². The minimum atomic E-state index is 0. The van der Waals surface area contributed by atoms with Crippen molar-refractivity contribution in [3.63, 3.8) is 0 Å². The Balaban J connectivity index is 0.000001000. The first-order valence-electron chi connectivity index (χ1n) is 2.77. The summed E-state index contributed by atoms with van der Waals surface area (Å²) in [6.45, 7) is 0. The van der Waals surface area contributed by atoms with Crippen molar-refractivity contribution < 1.29 is 16.8 Å². The van der Waals surface area contributed by atoms with Crippen LogP contribution in [0.25, 0.3) is 0 Å².